The molecule has 2 rings (SSSR count). The Labute approximate surface area is 104 Å². The minimum Gasteiger partial charge on any atom is -0.345 e. The molecule has 4 nitrogen and oxygen atoms in total. The summed E-state index contributed by atoms with van der Waals surface area (Å²) < 4.78 is 15.3. The van der Waals surface area contributed by atoms with Gasteiger partial charge in [0.1, 0.15) is 11.6 Å². The Morgan fingerprint density at radius 3 is 2.94 bits per heavy atom. The first-order valence-corrected chi connectivity index (χ1v) is 5.58. The third-order valence-corrected chi connectivity index (χ3v) is 2.69. The molecule has 1 amide bonds. The van der Waals surface area contributed by atoms with Crippen LogP contribution in [0.4, 0.5) is 4.39 Å². The minimum absolute atomic E-state index is 0.0595. The minimum atomic E-state index is -0.516. The molecule has 0 atom stereocenters. The van der Waals surface area contributed by atoms with Crippen LogP contribution in [0.2, 0.25) is 0 Å². The van der Waals surface area contributed by atoms with Gasteiger partial charge < -0.3 is 9.88 Å². The van der Waals surface area contributed by atoms with Crippen molar-refractivity contribution in [2.45, 2.75) is 13.5 Å². The monoisotopic (exact) mass is 247 g/mol. The van der Waals surface area contributed by atoms with Gasteiger partial charge in [-0.25, -0.2) is 9.37 Å². The van der Waals surface area contributed by atoms with Gasteiger partial charge in [-0.05, 0) is 19.1 Å². The molecule has 0 aliphatic heterocycles. The lowest BCUT2D eigenvalue weighted by Gasteiger charge is -2.07. The maximum absolute atomic E-state index is 13.5. The highest BCUT2D eigenvalue weighted by Gasteiger charge is 2.12. The number of hydrogen-bond donors (Lipinski definition) is 1. The lowest BCUT2D eigenvalue weighted by atomic mass is 10.1. The maximum atomic E-state index is 13.5. The lowest BCUT2D eigenvalue weighted by Crippen LogP contribution is -2.25. The van der Waals surface area contributed by atoms with Crippen LogP contribution in [0.15, 0.2) is 30.6 Å². The van der Waals surface area contributed by atoms with Crippen LogP contribution >= 0.6 is 0 Å². The van der Waals surface area contributed by atoms with E-state index in [1.54, 1.807) is 23.0 Å². The van der Waals surface area contributed by atoms with Crippen LogP contribution in [0, 0.1) is 12.7 Å². The predicted octanol–water partition coefficient (Wildman–Crippen LogP) is 1.80. The lowest BCUT2D eigenvalue weighted by molar-refractivity contribution is 0.0945. The topological polar surface area (TPSA) is 46.9 Å². The summed E-state index contributed by atoms with van der Waals surface area (Å²) in [4.78, 5) is 15.9. The molecule has 0 spiro atoms. The van der Waals surface area contributed by atoms with Crippen molar-refractivity contribution < 1.29 is 9.18 Å². The fraction of sp³-hybridized carbons (Fsp3) is 0.231. The molecule has 0 saturated heterocycles. The van der Waals surface area contributed by atoms with Gasteiger partial charge in [-0.3, -0.25) is 4.79 Å². The van der Waals surface area contributed by atoms with Crippen molar-refractivity contribution in [3.8, 4) is 0 Å². The second-order valence-electron chi connectivity index (χ2n) is 4.12. The second-order valence-corrected chi connectivity index (χ2v) is 4.12. The van der Waals surface area contributed by atoms with Crippen molar-refractivity contribution >= 4 is 5.91 Å². The average Bonchev–Trinajstić information content (AvgIpc) is 2.75. The molecule has 0 saturated carbocycles. The zero-order valence-corrected chi connectivity index (χ0v) is 10.3. The van der Waals surface area contributed by atoms with Crippen molar-refractivity contribution in [2.24, 2.45) is 7.05 Å². The third kappa shape index (κ3) is 2.56. The van der Waals surface area contributed by atoms with Crippen LogP contribution in [0.1, 0.15) is 21.7 Å². The van der Waals surface area contributed by atoms with Gasteiger partial charge >= 0.3 is 0 Å². The maximum Gasteiger partial charge on any atom is 0.254 e. The number of aromatic nitrogens is 2. The van der Waals surface area contributed by atoms with Gasteiger partial charge in [0.25, 0.3) is 5.91 Å². The number of nitrogens with zero attached hydrogens (tertiary/aromatic N) is 2. The van der Waals surface area contributed by atoms with Crippen LogP contribution in [-0.2, 0) is 13.6 Å². The highest BCUT2D eigenvalue weighted by molar-refractivity contribution is 5.94. The smallest absolute Gasteiger partial charge is 0.254 e. The number of nitrogens with one attached hydrogen (secondary N) is 1. The van der Waals surface area contributed by atoms with E-state index in [1.165, 1.54) is 12.1 Å². The van der Waals surface area contributed by atoms with Gasteiger partial charge in [0.15, 0.2) is 0 Å². The summed E-state index contributed by atoms with van der Waals surface area (Å²) in [6, 6.07) is 4.46. The molecule has 0 unspecified atom stereocenters. The largest absolute Gasteiger partial charge is 0.345 e. The van der Waals surface area contributed by atoms with E-state index in [9.17, 15) is 9.18 Å². The van der Waals surface area contributed by atoms with E-state index in [0.717, 1.165) is 11.4 Å². The van der Waals surface area contributed by atoms with E-state index in [4.69, 9.17) is 0 Å². The van der Waals surface area contributed by atoms with Gasteiger partial charge in [0.05, 0.1) is 12.1 Å². The average molecular weight is 247 g/mol. The highest BCUT2D eigenvalue weighted by atomic mass is 19.1. The predicted molar refractivity (Wildman–Crippen MR) is 65.5 cm³/mol. The third-order valence-electron chi connectivity index (χ3n) is 2.69. The fourth-order valence-corrected chi connectivity index (χ4v) is 1.63. The van der Waals surface area contributed by atoms with Gasteiger partial charge in [-0.2, -0.15) is 0 Å². The first kappa shape index (κ1) is 12.3. The molecule has 0 fully saturated rings. The number of aryl methyl sites for hydroxylation is 2. The number of carbonyl (C=O) groups excluding carboxylic acids is 1. The number of amides is 1. The van der Waals surface area contributed by atoms with Crippen molar-refractivity contribution in [1.29, 1.82) is 0 Å². The summed E-state index contributed by atoms with van der Waals surface area (Å²) in [6.45, 7) is 2.09. The first-order valence-electron chi connectivity index (χ1n) is 5.58. The number of halogens is 1. The number of carbonyl (C=O) groups is 1. The Kier molecular flexibility index (Phi) is 3.41. The Morgan fingerprint density at radius 2 is 2.28 bits per heavy atom. The Morgan fingerprint density at radius 1 is 1.50 bits per heavy atom. The van der Waals surface area contributed by atoms with Crippen LogP contribution in [0.5, 0.6) is 0 Å². The Balaban J connectivity index is 2.08. The van der Waals surface area contributed by atoms with Crippen LogP contribution in [0.25, 0.3) is 0 Å². The molecule has 1 aromatic carbocycles. The van der Waals surface area contributed by atoms with Crippen molar-refractivity contribution in [2.75, 3.05) is 0 Å². The summed E-state index contributed by atoms with van der Waals surface area (Å²) in [5.41, 5.74) is 0.905. The van der Waals surface area contributed by atoms with Gasteiger partial charge in [-0.1, -0.05) is 11.6 Å². The molecule has 2 aromatic rings. The van der Waals surface area contributed by atoms with Crippen molar-refractivity contribution in [3.63, 3.8) is 0 Å². The molecule has 5 heteroatoms. The van der Waals surface area contributed by atoms with Gasteiger partial charge in [0, 0.05) is 19.4 Å². The number of rotatable bonds is 3. The number of benzene rings is 1. The van der Waals surface area contributed by atoms with Crippen LogP contribution < -0.4 is 5.32 Å². The highest BCUT2D eigenvalue weighted by Crippen LogP contribution is 2.10. The van der Waals surface area contributed by atoms with E-state index < -0.39 is 11.7 Å². The van der Waals surface area contributed by atoms with Crippen molar-refractivity contribution in [1.82, 2.24) is 14.9 Å². The summed E-state index contributed by atoms with van der Waals surface area (Å²) in [5.74, 6) is -0.228. The van der Waals surface area contributed by atoms with E-state index in [-0.39, 0.29) is 12.1 Å². The van der Waals surface area contributed by atoms with Crippen molar-refractivity contribution in [3.05, 3.63) is 53.4 Å². The summed E-state index contributed by atoms with van der Waals surface area (Å²) >= 11 is 0. The molecule has 1 heterocycles. The van der Waals surface area contributed by atoms with E-state index in [2.05, 4.69) is 10.3 Å². The fourth-order valence-electron chi connectivity index (χ4n) is 1.63. The molecule has 0 bridgehead atoms. The quantitative estimate of drug-likeness (QED) is 0.899. The van der Waals surface area contributed by atoms with Crippen LogP contribution in [-0.4, -0.2) is 15.5 Å². The van der Waals surface area contributed by atoms with E-state index in [0.29, 0.717) is 0 Å². The zero-order chi connectivity index (χ0) is 13.1. The molecule has 0 aliphatic carbocycles. The standard InChI is InChI=1S/C13H14FN3O/c1-9-3-4-11(14)10(7-9)13(18)16-8-12-15-5-6-17(12)2/h3-7H,8H2,1-2H3,(H,16,18). The Bertz CT molecular complexity index is 577. The molecular formula is C13H14FN3O. The molecule has 0 radical (unpaired) electrons. The molecular weight excluding hydrogens is 233 g/mol. The SMILES string of the molecule is Cc1ccc(F)c(C(=O)NCc2nccn2C)c1. The molecule has 1 N–H and O–H groups in total. The molecule has 0 aliphatic rings. The molecule has 18 heavy (non-hydrogen) atoms. The normalized spacial score (nSPS) is 10.4. The van der Waals surface area contributed by atoms with Gasteiger partial charge in [-0.15, -0.1) is 0 Å². The second kappa shape index (κ2) is 5.00. The van der Waals surface area contributed by atoms with E-state index >= 15 is 0 Å². The summed E-state index contributed by atoms with van der Waals surface area (Å²) in [5, 5.41) is 2.65. The Hall–Kier alpha value is -2.17. The van der Waals surface area contributed by atoms with Gasteiger partial charge in [0.2, 0.25) is 0 Å². The molecule has 1 aromatic heterocycles. The number of hydrogen-bond acceptors (Lipinski definition) is 2. The summed E-state index contributed by atoms with van der Waals surface area (Å²) in [6.07, 6.45) is 3.43. The first-order chi connectivity index (χ1) is 8.58. The molecule has 94 valence electrons. The van der Waals surface area contributed by atoms with Crippen LogP contribution in [0.3, 0.4) is 0 Å². The number of imidazole rings is 1. The van der Waals surface area contributed by atoms with E-state index in [1.807, 2.05) is 14.0 Å². The zero-order valence-electron chi connectivity index (χ0n) is 10.3. The summed E-state index contributed by atoms with van der Waals surface area (Å²) in [7, 11) is 1.84.